The molecular weight excluding hydrogens is 295 g/mol. The molecule has 0 aliphatic heterocycles. The molecule has 8 heteroatoms. The number of rotatable bonds is 4. The number of para-hydroxylation sites is 1. The smallest absolute Gasteiger partial charge is 0.232 e. The average Bonchev–Trinajstić information content (AvgIpc) is 2.89. The minimum absolute atomic E-state index is 0.0957. The van der Waals surface area contributed by atoms with Crippen molar-refractivity contribution in [2.24, 2.45) is 0 Å². The van der Waals surface area contributed by atoms with Gasteiger partial charge in [0.15, 0.2) is 0 Å². The largest absolute Gasteiger partial charge is 0.294 e. The van der Waals surface area contributed by atoms with E-state index in [1.807, 2.05) is 12.1 Å². The number of hydrogen-bond donors (Lipinski definition) is 2. The lowest BCUT2D eigenvalue weighted by atomic mass is 10.2. The summed E-state index contributed by atoms with van der Waals surface area (Å²) in [6.45, 7) is 0.0957. The standard InChI is InChI=1S/C13H11FN4O2S/c14-10-7-9(8-15-21(19)20)5-6-12(10)18-13-4-2-1-3-11(13)16-17-18/h1-7,15H,8H2,(H,19,20). The van der Waals surface area contributed by atoms with Gasteiger partial charge in [0.05, 0.1) is 5.52 Å². The molecule has 0 saturated heterocycles. The molecule has 3 rings (SSSR count). The van der Waals surface area contributed by atoms with Crippen LogP contribution in [0.1, 0.15) is 5.56 Å². The highest BCUT2D eigenvalue weighted by Gasteiger charge is 2.11. The van der Waals surface area contributed by atoms with Crippen LogP contribution in [0.2, 0.25) is 0 Å². The Bertz CT molecular complexity index is 821. The van der Waals surface area contributed by atoms with Gasteiger partial charge in [-0.05, 0) is 29.8 Å². The zero-order chi connectivity index (χ0) is 14.8. The monoisotopic (exact) mass is 306 g/mol. The molecule has 1 aromatic heterocycles. The summed E-state index contributed by atoms with van der Waals surface area (Å²) < 4.78 is 37.1. The quantitative estimate of drug-likeness (QED) is 0.720. The topological polar surface area (TPSA) is 80.0 Å². The Hall–Kier alpha value is -2.16. The molecule has 6 nitrogen and oxygen atoms in total. The van der Waals surface area contributed by atoms with Gasteiger partial charge >= 0.3 is 0 Å². The number of aromatic nitrogens is 3. The molecule has 0 fully saturated rings. The minimum Gasteiger partial charge on any atom is -0.294 e. The van der Waals surface area contributed by atoms with E-state index in [-0.39, 0.29) is 12.2 Å². The van der Waals surface area contributed by atoms with E-state index in [9.17, 15) is 8.60 Å². The molecule has 0 radical (unpaired) electrons. The van der Waals surface area contributed by atoms with Crippen LogP contribution >= 0.6 is 0 Å². The maximum absolute atomic E-state index is 14.2. The molecule has 21 heavy (non-hydrogen) atoms. The number of hydrogen-bond acceptors (Lipinski definition) is 3. The molecule has 1 unspecified atom stereocenters. The van der Waals surface area contributed by atoms with E-state index in [0.717, 1.165) is 0 Å². The third-order valence-corrected chi connectivity index (χ3v) is 3.38. The van der Waals surface area contributed by atoms with Crippen molar-refractivity contribution in [3.05, 3.63) is 53.8 Å². The van der Waals surface area contributed by atoms with E-state index < -0.39 is 17.1 Å². The Balaban J connectivity index is 1.97. The average molecular weight is 306 g/mol. The number of nitrogens with one attached hydrogen (secondary N) is 1. The molecule has 0 amide bonds. The molecule has 3 aromatic rings. The summed E-state index contributed by atoms with van der Waals surface area (Å²) in [6, 6.07) is 11.8. The molecule has 0 bridgehead atoms. The molecule has 0 aliphatic rings. The molecule has 108 valence electrons. The van der Waals surface area contributed by atoms with Crippen LogP contribution in [0.3, 0.4) is 0 Å². The summed E-state index contributed by atoms with van der Waals surface area (Å²) >= 11 is -2.13. The molecule has 0 saturated carbocycles. The number of nitrogens with zero attached hydrogens (tertiary/aromatic N) is 3. The lowest BCUT2D eigenvalue weighted by Crippen LogP contribution is -2.15. The first-order valence-electron chi connectivity index (χ1n) is 6.09. The van der Waals surface area contributed by atoms with Crippen molar-refractivity contribution in [2.75, 3.05) is 0 Å². The zero-order valence-electron chi connectivity index (χ0n) is 10.7. The molecule has 1 atom stereocenters. The molecule has 1 heterocycles. The lowest BCUT2D eigenvalue weighted by Gasteiger charge is -2.06. The van der Waals surface area contributed by atoms with Gasteiger partial charge in [-0.3, -0.25) is 4.55 Å². The summed E-state index contributed by atoms with van der Waals surface area (Å²) in [5.74, 6) is -0.478. The van der Waals surface area contributed by atoms with Crippen LogP contribution < -0.4 is 4.72 Å². The highest BCUT2D eigenvalue weighted by molar-refractivity contribution is 7.77. The Morgan fingerprint density at radius 2 is 2.10 bits per heavy atom. The van der Waals surface area contributed by atoms with E-state index in [0.29, 0.717) is 16.6 Å². The van der Waals surface area contributed by atoms with Crippen LogP contribution in [0.15, 0.2) is 42.5 Å². The lowest BCUT2D eigenvalue weighted by molar-refractivity contribution is 0.548. The van der Waals surface area contributed by atoms with E-state index >= 15 is 0 Å². The van der Waals surface area contributed by atoms with Crippen LogP contribution in [0, 0.1) is 5.82 Å². The Kier molecular flexibility index (Phi) is 3.74. The fraction of sp³-hybridized carbons (Fsp3) is 0.0769. The number of benzene rings is 2. The number of fused-ring (bicyclic) bond motifs is 1. The van der Waals surface area contributed by atoms with Gasteiger partial charge in [-0.1, -0.05) is 23.4 Å². The molecule has 0 aliphatic carbocycles. The molecule has 2 N–H and O–H groups in total. The van der Waals surface area contributed by atoms with Crippen molar-refractivity contribution >= 4 is 22.3 Å². The van der Waals surface area contributed by atoms with E-state index in [1.165, 1.54) is 10.7 Å². The van der Waals surface area contributed by atoms with Crippen molar-refractivity contribution in [3.8, 4) is 5.69 Å². The van der Waals surface area contributed by atoms with E-state index in [4.69, 9.17) is 4.55 Å². The van der Waals surface area contributed by atoms with Gasteiger partial charge in [0.2, 0.25) is 11.3 Å². The fourth-order valence-electron chi connectivity index (χ4n) is 2.02. The maximum Gasteiger partial charge on any atom is 0.232 e. The molecule has 2 aromatic carbocycles. The second-order valence-electron chi connectivity index (χ2n) is 4.35. The van der Waals surface area contributed by atoms with E-state index in [1.54, 1.807) is 24.3 Å². The highest BCUT2D eigenvalue weighted by atomic mass is 32.2. The van der Waals surface area contributed by atoms with Crippen molar-refractivity contribution in [3.63, 3.8) is 0 Å². The first kappa shape index (κ1) is 13.8. The van der Waals surface area contributed by atoms with Gasteiger partial charge in [0, 0.05) is 6.54 Å². The SMILES string of the molecule is O=S(O)NCc1ccc(-n2nnc3ccccc32)c(F)c1. The van der Waals surface area contributed by atoms with Crippen LogP contribution in [-0.4, -0.2) is 23.8 Å². The molecular formula is C13H11FN4O2S. The first-order chi connectivity index (χ1) is 10.1. The first-order valence-corrected chi connectivity index (χ1v) is 7.19. The van der Waals surface area contributed by atoms with Gasteiger partial charge in [-0.2, -0.15) is 0 Å². The second kappa shape index (κ2) is 5.68. The van der Waals surface area contributed by atoms with Crippen LogP contribution in [0.25, 0.3) is 16.7 Å². The van der Waals surface area contributed by atoms with E-state index in [2.05, 4.69) is 15.0 Å². The summed E-state index contributed by atoms with van der Waals surface area (Å²) in [5.41, 5.74) is 2.22. The van der Waals surface area contributed by atoms with Gasteiger partial charge in [-0.15, -0.1) is 5.10 Å². The van der Waals surface area contributed by atoms with Gasteiger partial charge < -0.3 is 0 Å². The Morgan fingerprint density at radius 3 is 2.86 bits per heavy atom. The van der Waals surface area contributed by atoms with Crippen molar-refractivity contribution in [1.82, 2.24) is 19.7 Å². The normalized spacial score (nSPS) is 12.7. The predicted octanol–water partition coefficient (Wildman–Crippen LogP) is 1.79. The van der Waals surface area contributed by atoms with Crippen molar-refractivity contribution < 1.29 is 13.2 Å². The Labute approximate surface area is 122 Å². The van der Waals surface area contributed by atoms with Crippen LogP contribution in [0.5, 0.6) is 0 Å². The zero-order valence-corrected chi connectivity index (χ0v) is 11.5. The summed E-state index contributed by atoms with van der Waals surface area (Å²) in [6.07, 6.45) is 0. The van der Waals surface area contributed by atoms with Gasteiger partial charge in [0.25, 0.3) is 0 Å². The minimum atomic E-state index is -2.13. The van der Waals surface area contributed by atoms with Gasteiger partial charge in [-0.25, -0.2) is 18.0 Å². The van der Waals surface area contributed by atoms with Crippen molar-refractivity contribution in [1.29, 1.82) is 0 Å². The second-order valence-corrected chi connectivity index (χ2v) is 5.13. The maximum atomic E-state index is 14.2. The third kappa shape index (κ3) is 2.82. The van der Waals surface area contributed by atoms with Crippen molar-refractivity contribution in [2.45, 2.75) is 6.54 Å². The summed E-state index contributed by atoms with van der Waals surface area (Å²) in [7, 11) is 0. The summed E-state index contributed by atoms with van der Waals surface area (Å²) in [5, 5.41) is 7.93. The van der Waals surface area contributed by atoms with Gasteiger partial charge in [0.1, 0.15) is 17.0 Å². The highest BCUT2D eigenvalue weighted by Crippen LogP contribution is 2.19. The summed E-state index contributed by atoms with van der Waals surface area (Å²) in [4.78, 5) is 0. The number of halogens is 1. The fourth-order valence-corrected chi connectivity index (χ4v) is 2.31. The predicted molar refractivity (Wildman–Crippen MR) is 76.4 cm³/mol. The third-order valence-electron chi connectivity index (χ3n) is 2.99. The Morgan fingerprint density at radius 1 is 1.29 bits per heavy atom. The van der Waals surface area contributed by atoms with Crippen LogP contribution in [-0.2, 0) is 17.8 Å². The van der Waals surface area contributed by atoms with Crippen LogP contribution in [0.4, 0.5) is 4.39 Å². The molecule has 0 spiro atoms.